The van der Waals surface area contributed by atoms with Crippen LogP contribution in [0.5, 0.6) is 5.75 Å². The van der Waals surface area contributed by atoms with E-state index < -0.39 is 5.97 Å². The quantitative estimate of drug-likeness (QED) is 0.194. The first-order chi connectivity index (χ1) is 18.1. The maximum absolute atomic E-state index is 13.3. The number of carbonyl (C=O) groups is 3. The summed E-state index contributed by atoms with van der Waals surface area (Å²) in [6, 6.07) is 7.26. The van der Waals surface area contributed by atoms with Gasteiger partial charge in [0.15, 0.2) is 0 Å². The van der Waals surface area contributed by atoms with Gasteiger partial charge in [-0.05, 0) is 58.1 Å². The van der Waals surface area contributed by atoms with Crippen LogP contribution in [-0.2, 0) is 19.1 Å². The summed E-state index contributed by atoms with van der Waals surface area (Å²) in [5, 5.41) is 5.95. The average Bonchev–Trinajstić information content (AvgIpc) is 2.89. The molecular formula is C30H47N3O5. The number of hydrazone groups is 1. The first kappa shape index (κ1) is 32.9. The Balaban J connectivity index is 0.000000545. The average molecular weight is 530 g/mol. The first-order valence-corrected chi connectivity index (χ1v) is 13.7. The molecule has 1 amide bonds. The van der Waals surface area contributed by atoms with Crippen LogP contribution in [0.25, 0.3) is 0 Å². The van der Waals surface area contributed by atoms with Crippen molar-refractivity contribution in [3.8, 4) is 5.75 Å². The minimum atomic E-state index is -0.486. The molecule has 1 heterocycles. The van der Waals surface area contributed by atoms with Gasteiger partial charge in [0, 0.05) is 0 Å². The molecule has 1 aromatic carbocycles. The summed E-state index contributed by atoms with van der Waals surface area (Å²) in [5.41, 5.74) is 1.36. The maximum Gasteiger partial charge on any atom is 0.354 e. The van der Waals surface area contributed by atoms with Crippen molar-refractivity contribution in [2.24, 2.45) is 16.9 Å². The maximum atomic E-state index is 13.3. The highest BCUT2D eigenvalue weighted by Gasteiger charge is 2.36. The van der Waals surface area contributed by atoms with Crippen molar-refractivity contribution in [2.75, 3.05) is 25.2 Å². The number of hydrogen-bond donors (Lipinski definition) is 0. The summed E-state index contributed by atoms with van der Waals surface area (Å²) in [5.74, 6) is 2.01. The molecule has 8 nitrogen and oxygen atoms in total. The highest BCUT2D eigenvalue weighted by atomic mass is 16.5. The van der Waals surface area contributed by atoms with E-state index in [0.717, 1.165) is 18.1 Å². The lowest BCUT2D eigenvalue weighted by molar-refractivity contribution is -0.135. The van der Waals surface area contributed by atoms with Crippen LogP contribution in [0.1, 0.15) is 80.6 Å². The molecule has 1 aliphatic heterocycles. The van der Waals surface area contributed by atoms with Crippen molar-refractivity contribution in [1.29, 1.82) is 0 Å². The van der Waals surface area contributed by atoms with Gasteiger partial charge in [0.2, 0.25) is 0 Å². The minimum Gasteiger partial charge on any atom is -0.495 e. The number of anilines is 1. The molecule has 1 aliphatic carbocycles. The first-order valence-electron chi connectivity index (χ1n) is 13.7. The smallest absolute Gasteiger partial charge is 0.354 e. The van der Waals surface area contributed by atoms with Gasteiger partial charge in [-0.3, -0.25) is 14.7 Å². The molecule has 0 spiro atoms. The standard InChI is InChI=1S/C20H27N3O4.C8H16.C2H4O/c1-6-10-17-19(24)23(16-11-8-9-12-18(16)26-5)14(3)13-22(17)21-15(4)20(25)27-7-2;1-7-3-5-8(2)6-4-7;1-2-3/h8-12,14H,6-7,13H2,1-5H3;7-8H,3-6H2,1-2H3;2H,1H3/b17-10-,21-15+;;. The number of ether oxygens (including phenoxy) is 2. The summed E-state index contributed by atoms with van der Waals surface area (Å²) >= 11 is 0. The Bertz CT molecular complexity index is 941. The summed E-state index contributed by atoms with van der Waals surface area (Å²) in [4.78, 5) is 35.7. The number of para-hydroxylation sites is 2. The Morgan fingerprint density at radius 2 is 1.63 bits per heavy atom. The van der Waals surface area contributed by atoms with E-state index in [-0.39, 0.29) is 24.3 Å². The molecule has 38 heavy (non-hydrogen) atoms. The fourth-order valence-corrected chi connectivity index (χ4v) is 4.40. The van der Waals surface area contributed by atoms with Crippen LogP contribution in [-0.4, -0.2) is 55.2 Å². The number of rotatable bonds is 6. The normalized spacial score (nSPS) is 22.5. The van der Waals surface area contributed by atoms with E-state index in [1.165, 1.54) is 32.6 Å². The van der Waals surface area contributed by atoms with E-state index in [4.69, 9.17) is 14.3 Å². The number of esters is 1. The molecule has 1 saturated heterocycles. The second-order valence-electron chi connectivity index (χ2n) is 9.78. The van der Waals surface area contributed by atoms with Gasteiger partial charge in [-0.15, -0.1) is 0 Å². The third-order valence-electron chi connectivity index (χ3n) is 6.48. The molecule has 1 unspecified atom stereocenters. The third kappa shape index (κ3) is 9.95. The zero-order chi connectivity index (χ0) is 28.7. The van der Waals surface area contributed by atoms with Crippen molar-refractivity contribution < 1.29 is 23.9 Å². The predicted molar refractivity (Wildman–Crippen MR) is 153 cm³/mol. The number of hydrogen-bond acceptors (Lipinski definition) is 7. The highest BCUT2D eigenvalue weighted by Crippen LogP contribution is 2.33. The Morgan fingerprint density at radius 3 is 2.13 bits per heavy atom. The van der Waals surface area contributed by atoms with Crippen molar-refractivity contribution in [1.82, 2.24) is 5.01 Å². The van der Waals surface area contributed by atoms with E-state index >= 15 is 0 Å². The summed E-state index contributed by atoms with van der Waals surface area (Å²) in [6.45, 7) is 14.1. The lowest BCUT2D eigenvalue weighted by atomic mass is 9.84. The minimum absolute atomic E-state index is 0.165. The largest absolute Gasteiger partial charge is 0.495 e. The predicted octanol–water partition coefficient (Wildman–Crippen LogP) is 6.00. The Labute approximate surface area is 229 Å². The lowest BCUT2D eigenvalue weighted by Crippen LogP contribution is -2.53. The van der Waals surface area contributed by atoms with Gasteiger partial charge in [-0.1, -0.05) is 64.7 Å². The molecule has 1 atom stereocenters. The zero-order valence-corrected chi connectivity index (χ0v) is 24.5. The zero-order valence-electron chi connectivity index (χ0n) is 24.5. The molecule has 212 valence electrons. The van der Waals surface area contributed by atoms with Crippen LogP contribution >= 0.6 is 0 Å². The van der Waals surface area contributed by atoms with E-state index in [0.29, 0.717) is 30.1 Å². The Morgan fingerprint density at radius 1 is 1.08 bits per heavy atom. The number of piperazine rings is 1. The van der Waals surface area contributed by atoms with Gasteiger partial charge in [-0.25, -0.2) is 4.79 Å². The van der Waals surface area contributed by atoms with Crippen LogP contribution < -0.4 is 9.64 Å². The van der Waals surface area contributed by atoms with Crippen LogP contribution in [0.4, 0.5) is 5.69 Å². The molecule has 2 fully saturated rings. The van der Waals surface area contributed by atoms with Crippen molar-refractivity contribution >= 4 is 29.6 Å². The Kier molecular flexibility index (Phi) is 15.0. The fourth-order valence-electron chi connectivity index (χ4n) is 4.40. The molecule has 0 radical (unpaired) electrons. The van der Waals surface area contributed by atoms with Gasteiger partial charge >= 0.3 is 5.97 Å². The third-order valence-corrected chi connectivity index (χ3v) is 6.48. The molecule has 1 aromatic rings. The fraction of sp³-hybridized carbons (Fsp3) is 0.600. The monoisotopic (exact) mass is 529 g/mol. The molecule has 0 bridgehead atoms. The number of carbonyl (C=O) groups excluding carboxylic acids is 3. The second kappa shape index (κ2) is 17.4. The van der Waals surface area contributed by atoms with Gasteiger partial charge < -0.3 is 14.3 Å². The molecule has 0 aromatic heterocycles. The van der Waals surface area contributed by atoms with Gasteiger partial charge in [0.1, 0.15) is 23.4 Å². The summed E-state index contributed by atoms with van der Waals surface area (Å²) in [6.07, 6.45) is 9.13. The van der Waals surface area contributed by atoms with Crippen molar-refractivity contribution in [3.05, 3.63) is 36.0 Å². The number of amides is 1. The summed E-state index contributed by atoms with van der Waals surface area (Å²) < 4.78 is 10.4. The Hall–Kier alpha value is -3.16. The molecular weight excluding hydrogens is 482 g/mol. The number of benzene rings is 1. The van der Waals surface area contributed by atoms with Crippen LogP contribution in [0.2, 0.25) is 0 Å². The van der Waals surface area contributed by atoms with Crippen molar-refractivity contribution in [2.45, 2.75) is 86.6 Å². The van der Waals surface area contributed by atoms with E-state index in [9.17, 15) is 9.59 Å². The number of allylic oxidation sites excluding steroid dienone is 1. The highest BCUT2D eigenvalue weighted by molar-refractivity contribution is 6.35. The summed E-state index contributed by atoms with van der Waals surface area (Å²) in [7, 11) is 1.58. The molecule has 8 heteroatoms. The van der Waals surface area contributed by atoms with Crippen LogP contribution in [0.15, 0.2) is 41.1 Å². The molecule has 0 N–H and O–H groups in total. The molecule has 3 rings (SSSR count). The van der Waals surface area contributed by atoms with E-state index in [1.54, 1.807) is 30.9 Å². The second-order valence-corrected chi connectivity index (χ2v) is 9.78. The molecule has 2 aliphatic rings. The van der Waals surface area contributed by atoms with Gasteiger partial charge in [-0.2, -0.15) is 5.10 Å². The lowest BCUT2D eigenvalue weighted by Gasteiger charge is -2.40. The van der Waals surface area contributed by atoms with E-state index in [1.807, 2.05) is 44.2 Å². The SMILES string of the molecule is CC/C=C1/C(=O)N(c2ccccc2OC)C(C)CN1/N=C(\C)C(=O)OCC.CC1CCC(C)CC1.CC=O. The van der Waals surface area contributed by atoms with Crippen LogP contribution in [0, 0.1) is 11.8 Å². The molecule has 1 saturated carbocycles. The number of aldehydes is 1. The topological polar surface area (TPSA) is 88.5 Å². The van der Waals surface area contributed by atoms with Crippen molar-refractivity contribution in [3.63, 3.8) is 0 Å². The number of nitrogens with zero attached hydrogens (tertiary/aromatic N) is 3. The van der Waals surface area contributed by atoms with Gasteiger partial charge in [0.05, 0.1) is 32.0 Å². The van der Waals surface area contributed by atoms with Gasteiger partial charge in [0.25, 0.3) is 5.91 Å². The van der Waals surface area contributed by atoms with E-state index in [2.05, 4.69) is 18.9 Å². The number of methoxy groups -OCH3 is 1. The van der Waals surface area contributed by atoms with Crippen LogP contribution in [0.3, 0.4) is 0 Å².